The van der Waals surface area contributed by atoms with Crippen molar-refractivity contribution in [2.45, 2.75) is 25.3 Å². The lowest BCUT2D eigenvalue weighted by Gasteiger charge is -2.18. The lowest BCUT2D eigenvalue weighted by atomic mass is 10.1. The van der Waals surface area contributed by atoms with Gasteiger partial charge in [-0.15, -0.1) is 0 Å². The third-order valence-corrected chi connectivity index (χ3v) is 3.46. The van der Waals surface area contributed by atoms with E-state index in [9.17, 15) is 4.79 Å². The number of rotatable bonds is 3. The van der Waals surface area contributed by atoms with Crippen molar-refractivity contribution >= 4 is 11.6 Å². The lowest BCUT2D eigenvalue weighted by molar-refractivity contribution is 0.0827. The first-order valence-corrected chi connectivity index (χ1v) is 6.96. The Balaban J connectivity index is 2.04. The second-order valence-corrected chi connectivity index (χ2v) is 5.30. The Bertz CT molecular complexity index is 423. The number of benzene rings is 1. The van der Waals surface area contributed by atoms with Crippen molar-refractivity contribution in [2.24, 2.45) is 0 Å². The quantitative estimate of drug-likeness (QED) is 0.874. The molecule has 0 bridgehead atoms. The van der Waals surface area contributed by atoms with Gasteiger partial charge in [0.2, 0.25) is 0 Å². The van der Waals surface area contributed by atoms with Gasteiger partial charge in [0.25, 0.3) is 5.91 Å². The van der Waals surface area contributed by atoms with Crippen LogP contribution in [0.4, 0.5) is 5.69 Å². The molecule has 0 aliphatic carbocycles. The summed E-state index contributed by atoms with van der Waals surface area (Å²) in [4.78, 5) is 13.5. The van der Waals surface area contributed by atoms with Gasteiger partial charge < -0.3 is 15.5 Å². The van der Waals surface area contributed by atoms with Gasteiger partial charge >= 0.3 is 0 Å². The second kappa shape index (κ2) is 6.57. The number of anilines is 1. The van der Waals surface area contributed by atoms with Crippen LogP contribution in [0, 0.1) is 0 Å². The Labute approximate surface area is 115 Å². The van der Waals surface area contributed by atoms with Crippen molar-refractivity contribution in [3.63, 3.8) is 0 Å². The second-order valence-electron chi connectivity index (χ2n) is 5.30. The maximum atomic E-state index is 11.9. The molecule has 4 nitrogen and oxygen atoms in total. The number of amides is 1. The van der Waals surface area contributed by atoms with Gasteiger partial charge in [0, 0.05) is 31.4 Å². The zero-order chi connectivity index (χ0) is 13.7. The molecule has 1 amide bonds. The molecule has 2 rings (SSSR count). The monoisotopic (exact) mass is 261 g/mol. The van der Waals surface area contributed by atoms with Crippen molar-refractivity contribution in [1.29, 1.82) is 0 Å². The van der Waals surface area contributed by atoms with Crippen LogP contribution >= 0.6 is 0 Å². The molecule has 1 saturated heterocycles. The summed E-state index contributed by atoms with van der Waals surface area (Å²) in [6.45, 7) is 2.17. The molecule has 0 radical (unpaired) electrons. The maximum Gasteiger partial charge on any atom is 0.253 e. The van der Waals surface area contributed by atoms with Gasteiger partial charge in [-0.3, -0.25) is 4.79 Å². The van der Waals surface area contributed by atoms with Gasteiger partial charge in [-0.2, -0.15) is 0 Å². The van der Waals surface area contributed by atoms with Crippen molar-refractivity contribution in [1.82, 2.24) is 10.2 Å². The van der Waals surface area contributed by atoms with Crippen LogP contribution in [0.15, 0.2) is 24.3 Å². The summed E-state index contributed by atoms with van der Waals surface area (Å²) in [6.07, 6.45) is 3.51. The highest BCUT2D eigenvalue weighted by Crippen LogP contribution is 2.16. The highest BCUT2D eigenvalue weighted by atomic mass is 16.2. The van der Waals surface area contributed by atoms with E-state index < -0.39 is 0 Å². The van der Waals surface area contributed by atoms with Crippen molar-refractivity contribution in [3.8, 4) is 0 Å². The molecule has 1 unspecified atom stereocenters. The van der Waals surface area contributed by atoms with E-state index in [-0.39, 0.29) is 5.91 Å². The summed E-state index contributed by atoms with van der Waals surface area (Å²) >= 11 is 0. The number of carbonyl (C=O) groups excluding carboxylic acids is 1. The number of nitrogens with one attached hydrogen (secondary N) is 2. The molecule has 0 saturated carbocycles. The molecule has 19 heavy (non-hydrogen) atoms. The minimum absolute atomic E-state index is 0.0474. The third kappa shape index (κ3) is 3.96. The first-order chi connectivity index (χ1) is 9.16. The van der Waals surface area contributed by atoms with E-state index in [2.05, 4.69) is 10.6 Å². The number of nitrogens with zero attached hydrogens (tertiary/aromatic N) is 1. The van der Waals surface area contributed by atoms with E-state index in [1.165, 1.54) is 12.8 Å². The van der Waals surface area contributed by atoms with Crippen molar-refractivity contribution in [3.05, 3.63) is 29.8 Å². The molecule has 1 atom stereocenters. The minimum atomic E-state index is 0.0474. The average Bonchev–Trinajstić information content (AvgIpc) is 2.66. The molecule has 1 aliphatic rings. The Morgan fingerprint density at radius 3 is 2.95 bits per heavy atom. The number of carbonyl (C=O) groups is 1. The van der Waals surface area contributed by atoms with Gasteiger partial charge in [0.15, 0.2) is 0 Å². The molecule has 1 aromatic carbocycles. The van der Waals surface area contributed by atoms with Gasteiger partial charge in [-0.25, -0.2) is 0 Å². The summed E-state index contributed by atoms with van der Waals surface area (Å²) in [5.74, 6) is 0.0474. The van der Waals surface area contributed by atoms with E-state index in [1.807, 2.05) is 24.3 Å². The molecular formula is C15H23N3O. The SMILES string of the molecule is CN(C)C(=O)c1cccc(NC2CCCNCC2)c1. The lowest BCUT2D eigenvalue weighted by Crippen LogP contribution is -2.23. The minimum Gasteiger partial charge on any atom is -0.382 e. The van der Waals surface area contributed by atoms with Gasteiger partial charge in [-0.05, 0) is 50.6 Å². The van der Waals surface area contributed by atoms with E-state index in [0.717, 1.165) is 30.8 Å². The Hall–Kier alpha value is -1.55. The Morgan fingerprint density at radius 1 is 1.32 bits per heavy atom. The maximum absolute atomic E-state index is 11.9. The summed E-state index contributed by atoms with van der Waals surface area (Å²) in [5, 5.41) is 6.95. The van der Waals surface area contributed by atoms with Gasteiger partial charge in [0.1, 0.15) is 0 Å². The molecule has 0 aromatic heterocycles. The summed E-state index contributed by atoms with van der Waals surface area (Å²) in [7, 11) is 3.55. The van der Waals surface area contributed by atoms with Crippen molar-refractivity contribution < 1.29 is 4.79 Å². The van der Waals surface area contributed by atoms with Crippen LogP contribution in [0.5, 0.6) is 0 Å². The zero-order valence-corrected chi connectivity index (χ0v) is 11.8. The predicted molar refractivity (Wildman–Crippen MR) is 78.6 cm³/mol. The number of hydrogen-bond donors (Lipinski definition) is 2. The highest BCUT2D eigenvalue weighted by molar-refractivity contribution is 5.94. The molecule has 1 aliphatic heterocycles. The summed E-state index contributed by atoms with van der Waals surface area (Å²) < 4.78 is 0. The fraction of sp³-hybridized carbons (Fsp3) is 0.533. The highest BCUT2D eigenvalue weighted by Gasteiger charge is 2.13. The third-order valence-electron chi connectivity index (χ3n) is 3.46. The fourth-order valence-corrected chi connectivity index (χ4v) is 2.40. The fourth-order valence-electron chi connectivity index (χ4n) is 2.40. The summed E-state index contributed by atoms with van der Waals surface area (Å²) in [5.41, 5.74) is 1.78. The zero-order valence-electron chi connectivity index (χ0n) is 11.8. The normalized spacial score (nSPS) is 19.6. The molecule has 0 spiro atoms. The summed E-state index contributed by atoms with van der Waals surface area (Å²) in [6, 6.07) is 8.28. The van der Waals surface area contributed by atoms with Crippen LogP contribution in [0.1, 0.15) is 29.6 Å². The van der Waals surface area contributed by atoms with E-state index in [0.29, 0.717) is 6.04 Å². The van der Waals surface area contributed by atoms with Crippen LogP contribution in [-0.4, -0.2) is 44.0 Å². The number of hydrogen-bond acceptors (Lipinski definition) is 3. The van der Waals surface area contributed by atoms with Crippen LogP contribution in [0.3, 0.4) is 0 Å². The molecule has 2 N–H and O–H groups in total. The van der Waals surface area contributed by atoms with Gasteiger partial charge in [-0.1, -0.05) is 6.07 Å². The first-order valence-electron chi connectivity index (χ1n) is 6.96. The molecule has 4 heteroatoms. The standard InChI is InChI=1S/C15H23N3O/c1-18(2)15(19)12-5-3-6-14(11-12)17-13-7-4-9-16-10-8-13/h3,5-6,11,13,16-17H,4,7-10H2,1-2H3. The molecule has 1 fully saturated rings. The van der Waals surface area contributed by atoms with Crippen LogP contribution in [0.25, 0.3) is 0 Å². The molecular weight excluding hydrogens is 238 g/mol. The Kier molecular flexibility index (Phi) is 4.80. The van der Waals surface area contributed by atoms with Crippen molar-refractivity contribution in [2.75, 3.05) is 32.5 Å². The van der Waals surface area contributed by atoms with Gasteiger partial charge in [0.05, 0.1) is 0 Å². The van der Waals surface area contributed by atoms with Crippen LogP contribution in [0.2, 0.25) is 0 Å². The van der Waals surface area contributed by atoms with E-state index in [1.54, 1.807) is 19.0 Å². The van der Waals surface area contributed by atoms with Crippen LogP contribution < -0.4 is 10.6 Å². The van der Waals surface area contributed by atoms with E-state index in [4.69, 9.17) is 0 Å². The largest absolute Gasteiger partial charge is 0.382 e. The molecule has 1 aromatic rings. The molecule has 1 heterocycles. The average molecular weight is 261 g/mol. The van der Waals surface area contributed by atoms with Crippen LogP contribution in [-0.2, 0) is 0 Å². The molecule has 104 valence electrons. The predicted octanol–water partition coefficient (Wildman–Crippen LogP) is 1.94. The first kappa shape index (κ1) is 13.9. The topological polar surface area (TPSA) is 44.4 Å². The smallest absolute Gasteiger partial charge is 0.253 e. The van der Waals surface area contributed by atoms with E-state index >= 15 is 0 Å². The Morgan fingerprint density at radius 2 is 2.16 bits per heavy atom.